The van der Waals surface area contributed by atoms with E-state index in [2.05, 4.69) is 4.98 Å². The summed E-state index contributed by atoms with van der Waals surface area (Å²) < 4.78 is 0. The first-order valence-electron chi connectivity index (χ1n) is 5.85. The van der Waals surface area contributed by atoms with Crippen LogP contribution in [0.15, 0.2) is 52.5 Å². The number of carbonyl (C=O) groups is 1. The normalized spacial score (nSPS) is 17.7. The van der Waals surface area contributed by atoms with Gasteiger partial charge in [-0.3, -0.25) is 4.79 Å². The number of pyridine rings is 1. The molecule has 4 nitrogen and oxygen atoms in total. The van der Waals surface area contributed by atoms with Crippen molar-refractivity contribution in [1.29, 1.82) is 0 Å². The van der Waals surface area contributed by atoms with Crippen LogP contribution in [0.1, 0.15) is 11.7 Å². The predicted octanol–water partition coefficient (Wildman–Crippen LogP) is 2.24. The fourth-order valence-electron chi connectivity index (χ4n) is 2.07. The van der Waals surface area contributed by atoms with Gasteiger partial charge in [0.15, 0.2) is 6.10 Å². The Balaban J connectivity index is 1.93. The number of rotatable bonds is 2. The summed E-state index contributed by atoms with van der Waals surface area (Å²) in [5.74, 6) is -0.282. The molecule has 1 aromatic carbocycles. The zero-order valence-corrected chi connectivity index (χ0v) is 11.1. The minimum Gasteiger partial charge on any atom is -0.378 e. The number of fused-ring (bicyclic) bond motifs is 1. The molecule has 1 amide bonds. The van der Waals surface area contributed by atoms with Crippen molar-refractivity contribution in [1.82, 2.24) is 4.98 Å². The van der Waals surface area contributed by atoms with E-state index < -0.39 is 6.10 Å². The molecule has 0 spiro atoms. The second-order valence-corrected chi connectivity index (χ2v) is 5.38. The zero-order valence-electron chi connectivity index (χ0n) is 10.3. The molecule has 1 aliphatic heterocycles. The molecular formula is C14H12N2O2S. The maximum atomic E-state index is 11.7. The van der Waals surface area contributed by atoms with E-state index in [0.29, 0.717) is 5.56 Å². The first kappa shape index (κ1) is 12.2. The molecule has 96 valence electrons. The summed E-state index contributed by atoms with van der Waals surface area (Å²) in [4.78, 5) is 18.4. The first-order chi connectivity index (χ1) is 9.16. The number of amides is 1. The van der Waals surface area contributed by atoms with E-state index in [1.54, 1.807) is 19.3 Å². The molecule has 3 rings (SSSR count). The highest BCUT2D eigenvalue weighted by atomic mass is 32.2. The maximum Gasteiger partial charge on any atom is 0.260 e. The average molecular weight is 272 g/mol. The zero-order chi connectivity index (χ0) is 13.4. The average Bonchev–Trinajstić information content (AvgIpc) is 2.65. The molecule has 2 aromatic rings. The molecule has 0 radical (unpaired) electrons. The Labute approximate surface area is 115 Å². The van der Waals surface area contributed by atoms with Gasteiger partial charge in [-0.2, -0.15) is 0 Å². The van der Waals surface area contributed by atoms with Gasteiger partial charge in [0, 0.05) is 23.7 Å². The number of carbonyl (C=O) groups excluding carboxylic acids is 1. The molecule has 0 bridgehead atoms. The number of aromatic nitrogens is 1. The molecule has 5 heteroatoms. The Morgan fingerprint density at radius 2 is 2.16 bits per heavy atom. The molecule has 1 N–H and O–H groups in total. The molecule has 1 aliphatic rings. The highest BCUT2D eigenvalue weighted by Crippen LogP contribution is 2.38. The van der Waals surface area contributed by atoms with Crippen LogP contribution in [0.2, 0.25) is 0 Å². The summed E-state index contributed by atoms with van der Waals surface area (Å²) >= 11 is 1.53. The minimum absolute atomic E-state index is 0.282. The van der Waals surface area contributed by atoms with Crippen molar-refractivity contribution < 1.29 is 9.90 Å². The number of likely N-dealkylation sites (N-methyl/N-ethyl adjacent to an activating group) is 1. The summed E-state index contributed by atoms with van der Waals surface area (Å²) in [7, 11) is 1.67. The Morgan fingerprint density at radius 1 is 1.32 bits per heavy atom. The van der Waals surface area contributed by atoms with Crippen molar-refractivity contribution in [3.63, 3.8) is 0 Å². The van der Waals surface area contributed by atoms with Crippen molar-refractivity contribution in [2.45, 2.75) is 16.0 Å². The minimum atomic E-state index is -1.03. The van der Waals surface area contributed by atoms with Gasteiger partial charge >= 0.3 is 0 Å². The van der Waals surface area contributed by atoms with Gasteiger partial charge in [0.1, 0.15) is 5.03 Å². The van der Waals surface area contributed by atoms with Crippen molar-refractivity contribution in [3.8, 4) is 0 Å². The molecule has 0 saturated carbocycles. The van der Waals surface area contributed by atoms with Gasteiger partial charge < -0.3 is 10.0 Å². The highest BCUT2D eigenvalue weighted by Gasteiger charge is 2.33. The van der Waals surface area contributed by atoms with Crippen LogP contribution in [-0.2, 0) is 4.79 Å². The van der Waals surface area contributed by atoms with E-state index in [-0.39, 0.29) is 5.91 Å². The van der Waals surface area contributed by atoms with Gasteiger partial charge in [-0.25, -0.2) is 4.98 Å². The summed E-state index contributed by atoms with van der Waals surface area (Å²) in [6.07, 6.45) is 0.712. The third-order valence-corrected chi connectivity index (χ3v) is 4.02. The molecule has 1 unspecified atom stereocenters. The smallest absolute Gasteiger partial charge is 0.260 e. The monoisotopic (exact) mass is 272 g/mol. The van der Waals surface area contributed by atoms with Crippen molar-refractivity contribution in [3.05, 3.63) is 48.2 Å². The standard InChI is InChI=1S/C14H12N2O2S/c1-16-11-8-9(19-12-4-2-3-7-15-12)5-6-10(11)13(17)14(16)18/h2-8,13,17H,1H3. The van der Waals surface area contributed by atoms with E-state index in [0.717, 1.165) is 15.6 Å². The van der Waals surface area contributed by atoms with Gasteiger partial charge in [0.05, 0.1) is 5.69 Å². The van der Waals surface area contributed by atoms with Crippen LogP contribution in [0.5, 0.6) is 0 Å². The van der Waals surface area contributed by atoms with Crippen molar-refractivity contribution in [2.24, 2.45) is 0 Å². The van der Waals surface area contributed by atoms with Gasteiger partial charge in [-0.15, -0.1) is 0 Å². The number of anilines is 1. The van der Waals surface area contributed by atoms with Gasteiger partial charge in [-0.05, 0) is 24.3 Å². The van der Waals surface area contributed by atoms with E-state index in [1.807, 2.05) is 30.3 Å². The number of hydrogen-bond acceptors (Lipinski definition) is 4. The second-order valence-electron chi connectivity index (χ2n) is 4.29. The van der Waals surface area contributed by atoms with Crippen LogP contribution in [-0.4, -0.2) is 23.0 Å². The lowest BCUT2D eigenvalue weighted by molar-refractivity contribution is -0.125. The van der Waals surface area contributed by atoms with Gasteiger partial charge in [0.2, 0.25) is 0 Å². The summed E-state index contributed by atoms with van der Waals surface area (Å²) in [5.41, 5.74) is 1.43. The van der Waals surface area contributed by atoms with Crippen LogP contribution in [0.25, 0.3) is 0 Å². The molecule has 1 atom stereocenters. The Hall–Kier alpha value is -1.85. The van der Waals surface area contributed by atoms with Crippen LogP contribution in [0.4, 0.5) is 5.69 Å². The van der Waals surface area contributed by atoms with Crippen molar-refractivity contribution >= 4 is 23.4 Å². The summed E-state index contributed by atoms with van der Waals surface area (Å²) in [6.45, 7) is 0. The highest BCUT2D eigenvalue weighted by molar-refractivity contribution is 7.99. The number of hydrogen-bond donors (Lipinski definition) is 1. The maximum absolute atomic E-state index is 11.7. The quantitative estimate of drug-likeness (QED) is 0.911. The fraction of sp³-hybridized carbons (Fsp3) is 0.143. The van der Waals surface area contributed by atoms with E-state index in [4.69, 9.17) is 0 Å². The summed E-state index contributed by atoms with van der Waals surface area (Å²) in [5, 5.41) is 10.7. The Bertz CT molecular complexity index is 631. The van der Waals surface area contributed by atoms with Gasteiger partial charge in [-0.1, -0.05) is 23.9 Å². The van der Waals surface area contributed by atoms with Gasteiger partial charge in [0.25, 0.3) is 5.91 Å². The first-order valence-corrected chi connectivity index (χ1v) is 6.67. The number of aliphatic hydroxyl groups is 1. The lowest BCUT2D eigenvalue weighted by Gasteiger charge is -2.10. The van der Waals surface area contributed by atoms with Crippen LogP contribution < -0.4 is 4.90 Å². The molecule has 19 heavy (non-hydrogen) atoms. The third kappa shape index (κ3) is 2.11. The van der Waals surface area contributed by atoms with Crippen LogP contribution in [0, 0.1) is 0 Å². The fourth-order valence-corrected chi connectivity index (χ4v) is 2.88. The largest absolute Gasteiger partial charge is 0.378 e. The number of aliphatic hydroxyl groups excluding tert-OH is 1. The molecule has 0 fully saturated rings. The number of nitrogens with zero attached hydrogens (tertiary/aromatic N) is 2. The SMILES string of the molecule is CN1C(=O)C(O)c2ccc(Sc3ccccn3)cc21. The lowest BCUT2D eigenvalue weighted by Crippen LogP contribution is -2.23. The van der Waals surface area contributed by atoms with E-state index in [1.165, 1.54) is 16.7 Å². The lowest BCUT2D eigenvalue weighted by atomic mass is 10.1. The molecule has 1 aromatic heterocycles. The topological polar surface area (TPSA) is 53.4 Å². The van der Waals surface area contributed by atoms with E-state index in [9.17, 15) is 9.90 Å². The van der Waals surface area contributed by atoms with E-state index >= 15 is 0 Å². The molecule has 2 heterocycles. The van der Waals surface area contributed by atoms with Crippen LogP contribution >= 0.6 is 11.8 Å². The second kappa shape index (κ2) is 4.68. The Morgan fingerprint density at radius 3 is 2.89 bits per heavy atom. The molecular weight excluding hydrogens is 260 g/mol. The number of benzene rings is 1. The summed E-state index contributed by atoms with van der Waals surface area (Å²) in [6, 6.07) is 11.3. The molecule has 0 aliphatic carbocycles. The third-order valence-electron chi connectivity index (χ3n) is 3.08. The van der Waals surface area contributed by atoms with Crippen LogP contribution in [0.3, 0.4) is 0 Å². The van der Waals surface area contributed by atoms with Crippen molar-refractivity contribution in [2.75, 3.05) is 11.9 Å². The molecule has 0 saturated heterocycles. The predicted molar refractivity (Wildman–Crippen MR) is 73.2 cm³/mol. The Kier molecular flexibility index (Phi) is 3.00.